The van der Waals surface area contributed by atoms with Gasteiger partial charge in [0.15, 0.2) is 0 Å². The van der Waals surface area contributed by atoms with Crippen molar-refractivity contribution in [1.82, 2.24) is 14.9 Å². The second-order valence-electron chi connectivity index (χ2n) is 5.85. The number of aliphatic hydroxyl groups excluding tert-OH is 1. The van der Waals surface area contributed by atoms with Crippen LogP contribution >= 0.6 is 0 Å². The third-order valence-electron chi connectivity index (χ3n) is 3.99. The monoisotopic (exact) mass is 317 g/mol. The molecule has 0 amide bonds. The number of furan rings is 1. The fourth-order valence-electron chi connectivity index (χ4n) is 2.77. The number of hydrogen-bond donors (Lipinski definition) is 1. The van der Waals surface area contributed by atoms with E-state index in [2.05, 4.69) is 21.8 Å². The first-order valence-corrected chi connectivity index (χ1v) is 8.08. The van der Waals surface area contributed by atoms with E-state index in [9.17, 15) is 5.11 Å². The van der Waals surface area contributed by atoms with Gasteiger partial charge in [-0.2, -0.15) is 0 Å². The van der Waals surface area contributed by atoms with Crippen LogP contribution in [0.3, 0.4) is 0 Å². The Balaban J connectivity index is 1.46. The molecule has 124 valence electrons. The fourth-order valence-corrected chi connectivity index (χ4v) is 2.77. The molecule has 23 heavy (non-hydrogen) atoms. The van der Waals surface area contributed by atoms with Gasteiger partial charge in [-0.25, -0.2) is 9.97 Å². The van der Waals surface area contributed by atoms with Crippen molar-refractivity contribution >= 4 is 0 Å². The molecule has 1 atom stereocenters. The minimum atomic E-state index is -0.515. The molecule has 1 N–H and O–H groups in total. The van der Waals surface area contributed by atoms with Crippen molar-refractivity contribution in [2.75, 3.05) is 19.7 Å². The second-order valence-corrected chi connectivity index (χ2v) is 5.85. The van der Waals surface area contributed by atoms with E-state index in [0.29, 0.717) is 19.8 Å². The van der Waals surface area contributed by atoms with Crippen LogP contribution in [-0.4, -0.2) is 45.8 Å². The molecule has 3 heterocycles. The summed E-state index contributed by atoms with van der Waals surface area (Å²) in [5.41, 5.74) is 2.31. The summed E-state index contributed by atoms with van der Waals surface area (Å²) in [6, 6.07) is 3.69. The maximum absolute atomic E-state index is 10.1. The Bertz CT molecular complexity index is 616. The Hall–Kier alpha value is -1.76. The molecule has 6 heteroatoms. The zero-order chi connectivity index (χ0) is 16.1. The standard InChI is InChI=1S/C17H23N3O3/c1-2-17-18-8-13-5-6-20(10-16(13)19-17)9-14(21)11-22-12-15-4-3-7-23-15/h3-4,7-8,14,21H,2,5-6,9-12H2,1H3/t14-/m1/s1. The zero-order valence-corrected chi connectivity index (χ0v) is 13.4. The average molecular weight is 317 g/mol. The highest BCUT2D eigenvalue weighted by Crippen LogP contribution is 2.17. The van der Waals surface area contributed by atoms with Crippen LogP contribution in [0.5, 0.6) is 0 Å². The van der Waals surface area contributed by atoms with E-state index in [1.807, 2.05) is 18.3 Å². The number of ether oxygens (including phenoxy) is 1. The van der Waals surface area contributed by atoms with Gasteiger partial charge in [0.2, 0.25) is 0 Å². The lowest BCUT2D eigenvalue weighted by molar-refractivity contribution is 0.00287. The number of aliphatic hydroxyl groups is 1. The highest BCUT2D eigenvalue weighted by Gasteiger charge is 2.20. The van der Waals surface area contributed by atoms with E-state index >= 15 is 0 Å². The van der Waals surface area contributed by atoms with E-state index < -0.39 is 6.10 Å². The number of hydrogen-bond acceptors (Lipinski definition) is 6. The Labute approximate surface area is 136 Å². The van der Waals surface area contributed by atoms with Gasteiger partial charge in [0.25, 0.3) is 0 Å². The van der Waals surface area contributed by atoms with Crippen LogP contribution in [-0.2, 0) is 30.7 Å². The third-order valence-corrected chi connectivity index (χ3v) is 3.99. The second kappa shape index (κ2) is 7.68. The molecular formula is C17H23N3O3. The molecule has 0 bridgehead atoms. The van der Waals surface area contributed by atoms with Gasteiger partial charge < -0.3 is 14.3 Å². The Kier molecular flexibility index (Phi) is 5.38. The van der Waals surface area contributed by atoms with Crippen molar-refractivity contribution in [3.63, 3.8) is 0 Å². The van der Waals surface area contributed by atoms with Gasteiger partial charge in [-0.15, -0.1) is 0 Å². The molecule has 3 rings (SSSR count). The highest BCUT2D eigenvalue weighted by molar-refractivity contribution is 5.20. The summed E-state index contributed by atoms with van der Waals surface area (Å²) in [4.78, 5) is 11.2. The number of β-amino-alcohol motifs (C(OH)–C–C–N with tert-alkyl or cyclic N) is 1. The maximum Gasteiger partial charge on any atom is 0.129 e. The minimum absolute atomic E-state index is 0.300. The molecule has 6 nitrogen and oxygen atoms in total. The van der Waals surface area contributed by atoms with E-state index in [1.54, 1.807) is 6.26 Å². The molecule has 2 aromatic heterocycles. The van der Waals surface area contributed by atoms with Crippen LogP contribution in [0.2, 0.25) is 0 Å². The third kappa shape index (κ3) is 4.37. The van der Waals surface area contributed by atoms with Crippen LogP contribution in [0.1, 0.15) is 29.8 Å². The molecule has 0 unspecified atom stereocenters. The van der Waals surface area contributed by atoms with Gasteiger partial charge in [0, 0.05) is 32.3 Å². The normalized spacial score (nSPS) is 16.3. The Morgan fingerprint density at radius 1 is 1.48 bits per heavy atom. The summed E-state index contributed by atoms with van der Waals surface area (Å²) in [5.74, 6) is 1.65. The summed E-state index contributed by atoms with van der Waals surface area (Å²) in [6.45, 7) is 5.01. The molecule has 0 saturated heterocycles. The smallest absolute Gasteiger partial charge is 0.129 e. The molecule has 0 radical (unpaired) electrons. The van der Waals surface area contributed by atoms with Crippen LogP contribution in [0, 0.1) is 0 Å². The fraction of sp³-hybridized carbons (Fsp3) is 0.529. The quantitative estimate of drug-likeness (QED) is 0.836. The molecule has 1 aliphatic rings. The minimum Gasteiger partial charge on any atom is -0.467 e. The molecule has 0 spiro atoms. The first-order valence-electron chi connectivity index (χ1n) is 8.08. The first-order chi connectivity index (χ1) is 11.2. The predicted octanol–water partition coefficient (Wildman–Crippen LogP) is 1.57. The number of aryl methyl sites for hydroxylation is 1. The number of nitrogens with zero attached hydrogens (tertiary/aromatic N) is 3. The van der Waals surface area contributed by atoms with Gasteiger partial charge in [-0.05, 0) is 24.1 Å². The van der Waals surface area contributed by atoms with E-state index in [-0.39, 0.29) is 0 Å². The Morgan fingerprint density at radius 2 is 2.39 bits per heavy atom. The van der Waals surface area contributed by atoms with Crippen molar-refractivity contribution in [3.8, 4) is 0 Å². The van der Waals surface area contributed by atoms with Gasteiger partial charge in [-0.1, -0.05) is 6.92 Å². The van der Waals surface area contributed by atoms with E-state index in [1.165, 1.54) is 5.56 Å². The molecule has 2 aromatic rings. The molecule has 1 aliphatic heterocycles. The molecule has 0 aliphatic carbocycles. The highest BCUT2D eigenvalue weighted by atomic mass is 16.5. The summed E-state index contributed by atoms with van der Waals surface area (Å²) in [7, 11) is 0. The molecular weight excluding hydrogens is 294 g/mol. The predicted molar refractivity (Wildman–Crippen MR) is 84.8 cm³/mol. The van der Waals surface area contributed by atoms with Crippen molar-refractivity contribution in [3.05, 3.63) is 47.4 Å². The van der Waals surface area contributed by atoms with Gasteiger partial charge in [0.05, 0.1) is 24.7 Å². The van der Waals surface area contributed by atoms with Crippen LogP contribution in [0.4, 0.5) is 0 Å². The summed E-state index contributed by atoms with van der Waals surface area (Å²) in [5, 5.41) is 10.1. The lowest BCUT2D eigenvalue weighted by Crippen LogP contribution is -2.38. The SMILES string of the molecule is CCc1ncc2c(n1)CN(C[C@@H](O)COCc1ccco1)CC2. The lowest BCUT2D eigenvalue weighted by atomic mass is 10.1. The molecule has 0 aromatic carbocycles. The number of fused-ring (bicyclic) bond motifs is 1. The van der Waals surface area contributed by atoms with Crippen molar-refractivity contribution in [2.24, 2.45) is 0 Å². The number of aromatic nitrogens is 2. The van der Waals surface area contributed by atoms with Gasteiger partial charge in [0.1, 0.15) is 18.2 Å². The number of rotatable bonds is 7. The average Bonchev–Trinajstić information content (AvgIpc) is 3.07. The van der Waals surface area contributed by atoms with Crippen LogP contribution in [0.15, 0.2) is 29.0 Å². The maximum atomic E-state index is 10.1. The van der Waals surface area contributed by atoms with Gasteiger partial charge in [-0.3, -0.25) is 4.90 Å². The largest absolute Gasteiger partial charge is 0.467 e. The van der Waals surface area contributed by atoms with E-state index in [0.717, 1.165) is 43.2 Å². The summed E-state index contributed by atoms with van der Waals surface area (Å²) >= 11 is 0. The summed E-state index contributed by atoms with van der Waals surface area (Å²) < 4.78 is 10.7. The molecule has 0 fully saturated rings. The van der Waals surface area contributed by atoms with E-state index in [4.69, 9.17) is 9.15 Å². The van der Waals surface area contributed by atoms with Crippen LogP contribution in [0.25, 0.3) is 0 Å². The Morgan fingerprint density at radius 3 is 3.17 bits per heavy atom. The van der Waals surface area contributed by atoms with Crippen molar-refractivity contribution in [2.45, 2.75) is 39.0 Å². The lowest BCUT2D eigenvalue weighted by Gasteiger charge is -2.29. The van der Waals surface area contributed by atoms with Crippen molar-refractivity contribution < 1.29 is 14.3 Å². The van der Waals surface area contributed by atoms with Crippen molar-refractivity contribution in [1.29, 1.82) is 0 Å². The first kappa shape index (κ1) is 16.1. The van der Waals surface area contributed by atoms with Crippen LogP contribution < -0.4 is 0 Å². The van der Waals surface area contributed by atoms with Gasteiger partial charge >= 0.3 is 0 Å². The topological polar surface area (TPSA) is 71.6 Å². The molecule has 0 saturated carbocycles. The summed E-state index contributed by atoms with van der Waals surface area (Å²) in [6.07, 6.45) is 4.82. The zero-order valence-electron chi connectivity index (χ0n) is 13.4.